The predicted octanol–water partition coefficient (Wildman–Crippen LogP) is 10.1. The summed E-state index contributed by atoms with van der Waals surface area (Å²) in [4.78, 5) is 13.9. The third-order valence-electron chi connectivity index (χ3n) is 7.57. The normalized spacial score (nSPS) is 11.3. The fourth-order valence-corrected chi connectivity index (χ4v) is 5.20. The maximum atomic E-state index is 6.40. The van der Waals surface area contributed by atoms with E-state index in [0.717, 1.165) is 67.5 Å². The molecule has 4 aromatic heterocycles. The smallest absolute Gasteiger partial charge is 0.147 e. The van der Waals surface area contributed by atoms with Crippen LogP contribution in [0.3, 0.4) is 0 Å². The first-order valence-corrected chi connectivity index (χ1v) is 14.7. The second kappa shape index (κ2) is 12.8. The van der Waals surface area contributed by atoms with Crippen LogP contribution in [0.5, 0.6) is 0 Å². The average molecular weight is 754 g/mol. The Hall–Kier alpha value is -4.18. The molecule has 44 heavy (non-hydrogen) atoms. The molecular weight excluding hydrogens is 719 g/mol. The van der Waals surface area contributed by atoms with Gasteiger partial charge in [0.1, 0.15) is 11.1 Å². The van der Waals surface area contributed by atoms with Crippen LogP contribution in [0.1, 0.15) is 43.2 Å². The quantitative estimate of drug-likeness (QED) is 0.169. The molecule has 0 aliphatic heterocycles. The van der Waals surface area contributed by atoms with Crippen molar-refractivity contribution in [2.24, 2.45) is 5.41 Å². The van der Waals surface area contributed by atoms with Crippen LogP contribution in [-0.2, 0) is 26.5 Å². The molecule has 223 valence electrons. The van der Waals surface area contributed by atoms with E-state index >= 15 is 0 Å². The summed E-state index contributed by atoms with van der Waals surface area (Å²) in [6.45, 7) is 12.9. The Morgan fingerprint density at radius 3 is 2.27 bits per heavy atom. The topological polar surface area (TPSA) is 51.8 Å². The Labute approximate surface area is 273 Å². The number of aromatic nitrogens is 3. The summed E-state index contributed by atoms with van der Waals surface area (Å²) in [5, 5.41) is 3.24. The molecular formula is C39H35IrN3O-2. The molecule has 0 atom stereocenters. The third-order valence-corrected chi connectivity index (χ3v) is 7.57. The minimum atomic E-state index is 0. The van der Waals surface area contributed by atoms with Crippen molar-refractivity contribution in [1.29, 1.82) is 0 Å². The SMILES string of the molecule is CC(C)(C)Cc1ccc2ccc3c4cc[c-]c(-c5ccccn5)c4oc3c2n1.Cc1c[c-]c(-c2cc(C)c(C)cn2)cc1.[Ir]. The van der Waals surface area contributed by atoms with E-state index in [2.05, 4.69) is 112 Å². The summed E-state index contributed by atoms with van der Waals surface area (Å²) in [6.07, 6.45) is 4.63. The minimum Gasteiger partial charge on any atom is -0.498 e. The molecule has 0 saturated carbocycles. The van der Waals surface area contributed by atoms with Crippen LogP contribution >= 0.6 is 0 Å². The molecule has 5 heteroatoms. The first-order chi connectivity index (χ1) is 20.7. The molecule has 0 aliphatic rings. The second-order valence-corrected chi connectivity index (χ2v) is 12.4. The Morgan fingerprint density at radius 1 is 0.773 bits per heavy atom. The monoisotopic (exact) mass is 754 g/mol. The molecule has 0 amide bonds. The van der Waals surface area contributed by atoms with Gasteiger partial charge in [0.2, 0.25) is 0 Å². The molecule has 0 unspecified atom stereocenters. The van der Waals surface area contributed by atoms with E-state index in [0.29, 0.717) is 0 Å². The first kappa shape index (κ1) is 31.3. The van der Waals surface area contributed by atoms with Gasteiger partial charge in [-0.05, 0) is 54.8 Å². The van der Waals surface area contributed by atoms with Crippen molar-refractivity contribution < 1.29 is 24.5 Å². The molecule has 4 nitrogen and oxygen atoms in total. The van der Waals surface area contributed by atoms with E-state index in [-0.39, 0.29) is 25.5 Å². The zero-order valence-electron chi connectivity index (χ0n) is 26.0. The van der Waals surface area contributed by atoms with E-state index in [1.807, 2.05) is 36.5 Å². The van der Waals surface area contributed by atoms with Crippen LogP contribution in [0.2, 0.25) is 0 Å². The Balaban J connectivity index is 0.000000204. The zero-order chi connectivity index (χ0) is 30.1. The minimum absolute atomic E-state index is 0. The van der Waals surface area contributed by atoms with E-state index in [9.17, 15) is 0 Å². The summed E-state index contributed by atoms with van der Waals surface area (Å²) in [7, 11) is 0. The molecule has 0 aliphatic carbocycles. The van der Waals surface area contributed by atoms with Crippen LogP contribution in [0, 0.1) is 38.3 Å². The number of hydrogen-bond acceptors (Lipinski definition) is 4. The van der Waals surface area contributed by atoms with Crippen LogP contribution in [-0.4, -0.2) is 15.0 Å². The van der Waals surface area contributed by atoms with Crippen molar-refractivity contribution in [2.45, 2.75) is 48.0 Å². The molecule has 3 aromatic carbocycles. The van der Waals surface area contributed by atoms with Gasteiger partial charge in [-0.1, -0.05) is 80.6 Å². The van der Waals surface area contributed by atoms with Crippen LogP contribution in [0.15, 0.2) is 95.7 Å². The second-order valence-electron chi connectivity index (χ2n) is 12.4. The third kappa shape index (κ3) is 6.65. The number of furan rings is 1. The molecule has 4 heterocycles. The van der Waals surface area contributed by atoms with Gasteiger partial charge in [-0.25, -0.2) is 4.98 Å². The van der Waals surface area contributed by atoms with Gasteiger partial charge >= 0.3 is 0 Å². The number of benzene rings is 3. The fraction of sp³-hybridized carbons (Fsp3) is 0.205. The van der Waals surface area contributed by atoms with E-state index in [1.165, 1.54) is 16.7 Å². The van der Waals surface area contributed by atoms with Crippen molar-refractivity contribution in [1.82, 2.24) is 15.0 Å². The zero-order valence-corrected chi connectivity index (χ0v) is 28.3. The Kier molecular flexibility index (Phi) is 9.10. The summed E-state index contributed by atoms with van der Waals surface area (Å²) in [5.41, 5.74) is 11.4. The van der Waals surface area contributed by atoms with Crippen molar-refractivity contribution >= 4 is 32.8 Å². The summed E-state index contributed by atoms with van der Waals surface area (Å²) in [5.74, 6) is 0. The maximum absolute atomic E-state index is 6.40. The van der Waals surface area contributed by atoms with Crippen molar-refractivity contribution in [3.05, 3.63) is 126 Å². The average Bonchev–Trinajstić information content (AvgIpc) is 3.39. The Morgan fingerprint density at radius 2 is 1.57 bits per heavy atom. The van der Waals surface area contributed by atoms with Crippen LogP contribution in [0.4, 0.5) is 0 Å². The molecule has 0 N–H and O–H groups in total. The van der Waals surface area contributed by atoms with Gasteiger partial charge in [0.05, 0.1) is 5.58 Å². The molecule has 0 saturated heterocycles. The summed E-state index contributed by atoms with van der Waals surface area (Å²) in [6, 6.07) is 33.2. The molecule has 7 aromatic rings. The largest absolute Gasteiger partial charge is 0.498 e. The maximum Gasteiger partial charge on any atom is 0.147 e. The van der Waals surface area contributed by atoms with Gasteiger partial charge in [-0.2, -0.15) is 0 Å². The van der Waals surface area contributed by atoms with Gasteiger partial charge in [-0.3, -0.25) is 0 Å². The van der Waals surface area contributed by atoms with Gasteiger partial charge in [0.15, 0.2) is 0 Å². The fourth-order valence-electron chi connectivity index (χ4n) is 5.20. The van der Waals surface area contributed by atoms with E-state index in [1.54, 1.807) is 6.20 Å². The van der Waals surface area contributed by atoms with Gasteiger partial charge in [0, 0.05) is 49.0 Å². The van der Waals surface area contributed by atoms with E-state index in [4.69, 9.17) is 9.40 Å². The predicted molar refractivity (Wildman–Crippen MR) is 177 cm³/mol. The number of pyridine rings is 3. The van der Waals surface area contributed by atoms with Gasteiger partial charge < -0.3 is 14.4 Å². The standard InChI is InChI=1S/C25H21N2O.C14H14N.Ir/c1-25(2,3)15-17-12-10-16-11-13-19-18-7-6-8-20(21-9-4-5-14-26-21)23(18)28-24(19)22(16)27-17;1-10-4-6-13(7-5-10)14-8-11(2)12(3)9-15-14;/h4-7,9-14H,15H2,1-3H3;4-6,8-9H,1-3H3;/q2*-1;. The van der Waals surface area contributed by atoms with E-state index < -0.39 is 0 Å². The number of hydrogen-bond donors (Lipinski definition) is 0. The molecule has 1 radical (unpaired) electrons. The molecule has 0 bridgehead atoms. The van der Waals surface area contributed by atoms with Crippen molar-refractivity contribution in [2.75, 3.05) is 0 Å². The number of rotatable bonds is 3. The molecule has 7 rings (SSSR count). The van der Waals surface area contributed by atoms with Crippen molar-refractivity contribution in [3.8, 4) is 22.5 Å². The first-order valence-electron chi connectivity index (χ1n) is 14.7. The van der Waals surface area contributed by atoms with Crippen LogP contribution in [0.25, 0.3) is 55.4 Å². The number of nitrogens with zero attached hydrogens (tertiary/aromatic N) is 3. The molecule has 0 fully saturated rings. The van der Waals surface area contributed by atoms with Gasteiger partial charge in [-0.15, -0.1) is 53.6 Å². The number of fused-ring (bicyclic) bond motifs is 5. The molecule has 0 spiro atoms. The summed E-state index contributed by atoms with van der Waals surface area (Å²) < 4.78 is 6.40. The summed E-state index contributed by atoms with van der Waals surface area (Å²) >= 11 is 0. The Bertz CT molecular complexity index is 2060. The number of aryl methyl sites for hydroxylation is 3. The van der Waals surface area contributed by atoms with Gasteiger partial charge in [0.25, 0.3) is 0 Å². The van der Waals surface area contributed by atoms with Crippen LogP contribution < -0.4 is 0 Å². The van der Waals surface area contributed by atoms with Crippen molar-refractivity contribution in [3.63, 3.8) is 0 Å².